The van der Waals surface area contributed by atoms with E-state index in [4.69, 9.17) is 0 Å². The summed E-state index contributed by atoms with van der Waals surface area (Å²) in [7, 11) is 2.84. The highest BCUT2D eigenvalue weighted by Gasteiger charge is 2.06. The van der Waals surface area contributed by atoms with Crippen molar-refractivity contribution in [2.45, 2.75) is 38.8 Å². The lowest BCUT2D eigenvalue weighted by Crippen LogP contribution is -2.06. The van der Waals surface area contributed by atoms with E-state index in [1.807, 2.05) is 0 Å². The van der Waals surface area contributed by atoms with E-state index < -0.39 is 0 Å². The van der Waals surface area contributed by atoms with Crippen molar-refractivity contribution in [2.24, 2.45) is 0 Å². The third kappa shape index (κ3) is 9.87. The Bertz CT molecular complexity index is 47.0. The zero-order chi connectivity index (χ0) is 5.91. The molecule has 0 aromatic heterocycles. The Morgan fingerprint density at radius 3 is 1.75 bits per heavy atom. The molecule has 0 spiro atoms. The topological polar surface area (TPSA) is 0 Å². The van der Waals surface area contributed by atoms with Gasteiger partial charge < -0.3 is 0 Å². The van der Waals surface area contributed by atoms with E-state index in [2.05, 4.69) is 30.0 Å². The average molecular weight is 155 g/mol. The quantitative estimate of drug-likeness (QED) is 0.537. The molecule has 0 nitrogen and oxygen atoms in total. The van der Waals surface area contributed by atoms with Gasteiger partial charge in [-0.1, -0.05) is 27.2 Å². The van der Waals surface area contributed by atoms with Gasteiger partial charge in [0.25, 0.3) is 0 Å². The number of hydrogen-bond donors (Lipinski definition) is 0. The van der Waals surface area contributed by atoms with Gasteiger partial charge in [-0.05, 0) is 11.6 Å². The molecule has 0 aliphatic heterocycles. The molecule has 0 amide bonds. The Morgan fingerprint density at radius 2 is 1.75 bits per heavy atom. The first-order valence-corrected chi connectivity index (χ1v) is 3.43. The van der Waals surface area contributed by atoms with E-state index >= 15 is 0 Å². The summed E-state index contributed by atoms with van der Waals surface area (Å²) in [6.07, 6.45) is 2.59. The minimum absolute atomic E-state index is 0. The van der Waals surface area contributed by atoms with Crippen LogP contribution in [0.25, 0.3) is 0 Å². The van der Waals surface area contributed by atoms with Gasteiger partial charge in [-0.15, -0.1) is 21.6 Å². The molecule has 0 bridgehead atoms. The lowest BCUT2D eigenvalue weighted by atomic mass is 10.1. The van der Waals surface area contributed by atoms with Crippen LogP contribution in [0.15, 0.2) is 0 Å². The molecular weight excluding hydrogens is 138 g/mol. The minimum atomic E-state index is 0. The first-order valence-electron chi connectivity index (χ1n) is 2.85. The van der Waals surface area contributed by atoms with Crippen molar-refractivity contribution in [3.05, 3.63) is 0 Å². The molecule has 2 heteroatoms. The summed E-state index contributed by atoms with van der Waals surface area (Å²) in [4.78, 5) is 0. The number of halogens is 1. The monoisotopic (exact) mass is 154 g/mol. The number of hydrogen-bond acceptors (Lipinski definition) is 0. The van der Waals surface area contributed by atoms with Crippen LogP contribution in [0.1, 0.15) is 33.6 Å². The van der Waals surface area contributed by atoms with Crippen molar-refractivity contribution in [3.8, 4) is 0 Å². The molecule has 0 rings (SSSR count). The predicted octanol–water partition coefficient (Wildman–Crippen LogP) is 2.86. The van der Waals surface area contributed by atoms with Gasteiger partial charge >= 0.3 is 0 Å². The fourth-order valence-electron chi connectivity index (χ4n) is 0.644. The van der Waals surface area contributed by atoms with Crippen molar-refractivity contribution in [2.75, 3.05) is 0 Å². The third-order valence-corrected chi connectivity index (χ3v) is 1.18. The summed E-state index contributed by atoms with van der Waals surface area (Å²) >= 11 is 0. The van der Waals surface area contributed by atoms with Crippen molar-refractivity contribution < 1.29 is 0 Å². The predicted molar refractivity (Wildman–Crippen MR) is 45.9 cm³/mol. The van der Waals surface area contributed by atoms with Gasteiger partial charge in [-0.25, -0.2) is 0 Å². The second-order valence-electron chi connectivity index (χ2n) is 2.74. The standard InChI is InChI=1S/C6H15P.ClH/c1-4-5-6(2,3)7;/h4-5,7H2,1-3H3;1H. The smallest absolute Gasteiger partial charge is 0.0207 e. The highest BCUT2D eigenvalue weighted by molar-refractivity contribution is 7.18. The molecule has 1 unspecified atom stereocenters. The van der Waals surface area contributed by atoms with Gasteiger partial charge in [0, 0.05) is 0 Å². The van der Waals surface area contributed by atoms with E-state index in [9.17, 15) is 0 Å². The third-order valence-electron chi connectivity index (χ3n) is 0.894. The van der Waals surface area contributed by atoms with Crippen molar-refractivity contribution in [1.29, 1.82) is 0 Å². The second-order valence-corrected chi connectivity index (χ2v) is 4.30. The number of rotatable bonds is 2. The van der Waals surface area contributed by atoms with Crippen molar-refractivity contribution >= 4 is 21.6 Å². The van der Waals surface area contributed by atoms with E-state index in [0.29, 0.717) is 5.16 Å². The van der Waals surface area contributed by atoms with Gasteiger partial charge in [0.05, 0.1) is 0 Å². The van der Waals surface area contributed by atoms with Gasteiger partial charge in [0.2, 0.25) is 0 Å². The summed E-state index contributed by atoms with van der Waals surface area (Å²) in [6.45, 7) is 6.69. The Morgan fingerprint density at radius 1 is 1.38 bits per heavy atom. The molecule has 0 aliphatic carbocycles. The molecule has 0 radical (unpaired) electrons. The fourth-order valence-corrected chi connectivity index (χ4v) is 0.933. The van der Waals surface area contributed by atoms with Gasteiger partial charge in [-0.2, -0.15) is 0 Å². The van der Waals surface area contributed by atoms with Crippen LogP contribution in [-0.2, 0) is 0 Å². The molecule has 0 saturated heterocycles. The summed E-state index contributed by atoms with van der Waals surface area (Å²) in [6, 6.07) is 0. The van der Waals surface area contributed by atoms with Crippen LogP contribution in [0.3, 0.4) is 0 Å². The summed E-state index contributed by atoms with van der Waals surface area (Å²) < 4.78 is 0. The highest BCUT2D eigenvalue weighted by atomic mass is 35.5. The van der Waals surface area contributed by atoms with Crippen molar-refractivity contribution in [3.63, 3.8) is 0 Å². The Hall–Kier alpha value is 0.720. The van der Waals surface area contributed by atoms with Gasteiger partial charge in [-0.3, -0.25) is 0 Å². The van der Waals surface area contributed by atoms with Crippen LogP contribution in [0.2, 0.25) is 0 Å². The second kappa shape index (κ2) is 4.58. The van der Waals surface area contributed by atoms with Crippen LogP contribution >= 0.6 is 21.6 Å². The molecule has 0 N–H and O–H groups in total. The summed E-state index contributed by atoms with van der Waals surface area (Å²) in [5, 5.41) is 0.467. The summed E-state index contributed by atoms with van der Waals surface area (Å²) in [5.41, 5.74) is 0. The van der Waals surface area contributed by atoms with Crippen LogP contribution in [-0.4, -0.2) is 5.16 Å². The zero-order valence-electron chi connectivity index (χ0n) is 5.90. The van der Waals surface area contributed by atoms with E-state index in [1.165, 1.54) is 12.8 Å². The summed E-state index contributed by atoms with van der Waals surface area (Å²) in [5.74, 6) is 0. The van der Waals surface area contributed by atoms with E-state index in [0.717, 1.165) is 0 Å². The maximum absolute atomic E-state index is 2.84. The Balaban J connectivity index is 0. The fraction of sp³-hybridized carbons (Fsp3) is 1.00. The molecule has 0 fully saturated rings. The van der Waals surface area contributed by atoms with Gasteiger partial charge in [0.15, 0.2) is 0 Å². The maximum atomic E-state index is 2.84. The van der Waals surface area contributed by atoms with Crippen LogP contribution in [0.4, 0.5) is 0 Å². The maximum Gasteiger partial charge on any atom is -0.0207 e. The molecule has 0 heterocycles. The molecule has 1 atom stereocenters. The van der Waals surface area contributed by atoms with E-state index in [1.54, 1.807) is 0 Å². The van der Waals surface area contributed by atoms with Crippen molar-refractivity contribution in [1.82, 2.24) is 0 Å². The zero-order valence-corrected chi connectivity index (χ0v) is 7.87. The molecule has 0 aromatic carbocycles. The normalized spacial score (nSPS) is 10.5. The SMILES string of the molecule is CCCC(C)(C)P.Cl. The Kier molecular flexibility index (Phi) is 6.60. The highest BCUT2D eigenvalue weighted by Crippen LogP contribution is 2.21. The Labute approximate surface area is 61.0 Å². The van der Waals surface area contributed by atoms with Gasteiger partial charge in [0.1, 0.15) is 0 Å². The average Bonchev–Trinajstić information content (AvgIpc) is 1.30. The molecule has 8 heavy (non-hydrogen) atoms. The van der Waals surface area contributed by atoms with Crippen LogP contribution in [0.5, 0.6) is 0 Å². The van der Waals surface area contributed by atoms with E-state index in [-0.39, 0.29) is 12.4 Å². The molecule has 0 aliphatic rings. The molecular formula is C6H16ClP. The largest absolute Gasteiger partial charge is 0.147 e. The lowest BCUT2D eigenvalue weighted by molar-refractivity contribution is 0.627. The first kappa shape index (κ1) is 11.5. The first-order chi connectivity index (χ1) is 3.06. The van der Waals surface area contributed by atoms with Crippen LogP contribution < -0.4 is 0 Å². The molecule has 0 aromatic rings. The molecule has 0 saturated carbocycles. The molecule has 52 valence electrons. The lowest BCUT2D eigenvalue weighted by Gasteiger charge is -2.15. The van der Waals surface area contributed by atoms with Crippen LogP contribution in [0, 0.1) is 0 Å². The minimum Gasteiger partial charge on any atom is -0.147 e.